The summed E-state index contributed by atoms with van der Waals surface area (Å²) in [5, 5.41) is 17.8. The predicted molar refractivity (Wildman–Crippen MR) is 179 cm³/mol. The fourth-order valence-corrected chi connectivity index (χ4v) is 6.37. The third kappa shape index (κ3) is 34.5. The van der Waals surface area contributed by atoms with Crippen molar-refractivity contribution < 1.29 is 28.7 Å². The molecule has 0 radical (unpaired) electrons. The Hall–Kier alpha value is 0.0300. The molecule has 42 heavy (non-hydrogen) atoms. The summed E-state index contributed by atoms with van der Waals surface area (Å²) in [6, 6.07) is 0. The van der Waals surface area contributed by atoms with Crippen molar-refractivity contribution in [1.82, 2.24) is 0 Å². The van der Waals surface area contributed by atoms with Gasteiger partial charge in [0.25, 0.3) is 0 Å². The van der Waals surface area contributed by atoms with Crippen molar-refractivity contribution in [2.75, 3.05) is 19.8 Å². The second-order valence-corrected chi connectivity index (χ2v) is 14.1. The van der Waals surface area contributed by atoms with E-state index in [0.717, 1.165) is 19.3 Å². The Morgan fingerprint density at radius 1 is 0.476 bits per heavy atom. The monoisotopic (exact) mass is 621 g/mol. The molecule has 0 aromatic heterocycles. The van der Waals surface area contributed by atoms with Crippen molar-refractivity contribution in [3.63, 3.8) is 0 Å². The van der Waals surface area contributed by atoms with Crippen LogP contribution in [0.2, 0.25) is 0 Å². The molecule has 0 heterocycles. The molecule has 0 saturated carbocycles. The zero-order valence-electron chi connectivity index (χ0n) is 27.9. The molecule has 0 aromatic carbocycles. The first-order valence-corrected chi connectivity index (χ1v) is 19.9. The van der Waals surface area contributed by atoms with Crippen molar-refractivity contribution in [2.24, 2.45) is 0 Å². The van der Waals surface area contributed by atoms with Crippen molar-refractivity contribution in [3.8, 4) is 0 Å². The Morgan fingerprint density at radius 2 is 0.738 bits per heavy atom. The summed E-state index contributed by atoms with van der Waals surface area (Å²) in [7, 11) is -4.13. The molecule has 254 valence electrons. The van der Waals surface area contributed by atoms with Crippen LogP contribution < -0.4 is 0 Å². The SMILES string of the molecule is CCCCCCCCCCCCCCCCCCCCCCCCCCCCCCCCOP(=O)(O)OCC(O)CO. The Morgan fingerprint density at radius 3 is 1.00 bits per heavy atom. The minimum Gasteiger partial charge on any atom is -0.394 e. The second-order valence-electron chi connectivity index (χ2n) is 12.7. The molecule has 0 spiro atoms. The quantitative estimate of drug-likeness (QED) is 0.0476. The van der Waals surface area contributed by atoms with Crippen molar-refractivity contribution in [3.05, 3.63) is 0 Å². The largest absolute Gasteiger partial charge is 0.472 e. The lowest BCUT2D eigenvalue weighted by Crippen LogP contribution is -2.18. The predicted octanol–water partition coefficient (Wildman–Crippen LogP) is 11.2. The normalized spacial score (nSPS) is 13.9. The summed E-state index contributed by atoms with van der Waals surface area (Å²) in [6.07, 6.45) is 39.8. The van der Waals surface area contributed by atoms with E-state index in [1.165, 1.54) is 173 Å². The molecule has 3 N–H and O–H groups in total. The number of hydrogen-bond acceptors (Lipinski definition) is 5. The Balaban J connectivity index is 3.15. The maximum atomic E-state index is 11.6. The topological polar surface area (TPSA) is 96.2 Å². The van der Waals surface area contributed by atoms with Crippen LogP contribution in [0.15, 0.2) is 0 Å². The average molecular weight is 621 g/mol. The summed E-state index contributed by atoms with van der Waals surface area (Å²) < 4.78 is 21.1. The molecule has 0 amide bonds. The third-order valence-corrected chi connectivity index (χ3v) is 9.38. The van der Waals surface area contributed by atoms with Gasteiger partial charge >= 0.3 is 7.82 Å². The van der Waals surface area contributed by atoms with Gasteiger partial charge in [0.1, 0.15) is 6.10 Å². The van der Waals surface area contributed by atoms with E-state index >= 15 is 0 Å². The number of phosphoric acid groups is 1. The molecule has 0 bridgehead atoms. The number of aliphatic hydroxyl groups excluding tert-OH is 2. The van der Waals surface area contributed by atoms with Gasteiger partial charge in [-0.25, -0.2) is 4.57 Å². The van der Waals surface area contributed by atoms with Gasteiger partial charge in [0.05, 0.1) is 19.8 Å². The van der Waals surface area contributed by atoms with Crippen LogP contribution in [0.1, 0.15) is 200 Å². The summed E-state index contributed by atoms with van der Waals surface area (Å²) in [5.41, 5.74) is 0. The fraction of sp³-hybridized carbons (Fsp3) is 1.00. The smallest absolute Gasteiger partial charge is 0.394 e. The summed E-state index contributed by atoms with van der Waals surface area (Å²) in [4.78, 5) is 9.49. The van der Waals surface area contributed by atoms with Gasteiger partial charge in [0, 0.05) is 0 Å². The van der Waals surface area contributed by atoms with Gasteiger partial charge in [0.2, 0.25) is 0 Å². The molecule has 2 atom stereocenters. The highest BCUT2D eigenvalue weighted by atomic mass is 31.2. The highest BCUT2D eigenvalue weighted by Gasteiger charge is 2.22. The summed E-state index contributed by atoms with van der Waals surface area (Å²) in [6.45, 7) is 1.54. The van der Waals surface area contributed by atoms with Crippen LogP contribution >= 0.6 is 7.82 Å². The molecule has 6 nitrogen and oxygen atoms in total. The van der Waals surface area contributed by atoms with Crippen LogP contribution in [-0.2, 0) is 13.6 Å². The van der Waals surface area contributed by atoms with Crippen LogP contribution in [0.25, 0.3) is 0 Å². The Labute approximate surface area is 261 Å². The summed E-state index contributed by atoms with van der Waals surface area (Å²) >= 11 is 0. The van der Waals surface area contributed by atoms with Gasteiger partial charge < -0.3 is 15.1 Å². The molecular formula is C35H73O6P. The van der Waals surface area contributed by atoms with Crippen LogP contribution in [0.4, 0.5) is 0 Å². The summed E-state index contributed by atoms with van der Waals surface area (Å²) in [5.74, 6) is 0. The number of aliphatic hydroxyl groups is 2. The van der Waals surface area contributed by atoms with Gasteiger partial charge in [-0.2, -0.15) is 0 Å². The number of unbranched alkanes of at least 4 members (excludes halogenated alkanes) is 29. The van der Waals surface area contributed by atoms with E-state index in [9.17, 15) is 9.46 Å². The maximum Gasteiger partial charge on any atom is 0.472 e. The van der Waals surface area contributed by atoms with Crippen LogP contribution in [0.5, 0.6) is 0 Å². The van der Waals surface area contributed by atoms with Crippen molar-refractivity contribution >= 4 is 7.82 Å². The van der Waals surface area contributed by atoms with E-state index in [0.29, 0.717) is 0 Å². The van der Waals surface area contributed by atoms with Crippen LogP contribution in [0, 0.1) is 0 Å². The third-order valence-electron chi connectivity index (χ3n) is 8.39. The van der Waals surface area contributed by atoms with E-state index in [4.69, 9.17) is 14.7 Å². The number of rotatable bonds is 36. The molecule has 7 heteroatoms. The van der Waals surface area contributed by atoms with Gasteiger partial charge in [-0.15, -0.1) is 0 Å². The van der Waals surface area contributed by atoms with Crippen molar-refractivity contribution in [1.29, 1.82) is 0 Å². The molecule has 0 rings (SSSR count). The molecule has 0 fully saturated rings. The van der Waals surface area contributed by atoms with E-state index in [-0.39, 0.29) is 6.61 Å². The first-order valence-electron chi connectivity index (χ1n) is 18.4. The Kier molecular flexibility index (Phi) is 33.9. The second kappa shape index (κ2) is 33.9. The minimum absolute atomic E-state index is 0.169. The molecule has 2 unspecified atom stereocenters. The fourth-order valence-electron chi connectivity index (χ4n) is 5.58. The first-order chi connectivity index (χ1) is 20.5. The number of phosphoric ester groups is 1. The Bertz CT molecular complexity index is 562. The lowest BCUT2D eigenvalue weighted by atomic mass is 10.0. The van der Waals surface area contributed by atoms with Crippen LogP contribution in [-0.4, -0.2) is 41.0 Å². The highest BCUT2D eigenvalue weighted by molar-refractivity contribution is 7.47. The van der Waals surface area contributed by atoms with Gasteiger partial charge in [-0.05, 0) is 6.42 Å². The van der Waals surface area contributed by atoms with Gasteiger partial charge in [-0.3, -0.25) is 9.05 Å². The lowest BCUT2D eigenvalue weighted by molar-refractivity contribution is 0.0361. The van der Waals surface area contributed by atoms with E-state index < -0.39 is 27.1 Å². The molecule has 0 aliphatic heterocycles. The molecule has 0 aromatic rings. The van der Waals surface area contributed by atoms with Gasteiger partial charge in [-0.1, -0.05) is 193 Å². The number of hydrogen-bond donors (Lipinski definition) is 3. The molecule has 0 saturated heterocycles. The lowest BCUT2D eigenvalue weighted by Gasteiger charge is -2.13. The van der Waals surface area contributed by atoms with E-state index in [2.05, 4.69) is 11.4 Å². The maximum absolute atomic E-state index is 11.6. The molecule has 0 aliphatic rings. The van der Waals surface area contributed by atoms with Crippen LogP contribution in [0.3, 0.4) is 0 Å². The minimum atomic E-state index is -4.13. The molecule has 0 aliphatic carbocycles. The first kappa shape index (κ1) is 42.0. The standard InChI is InChI=1S/C35H73O6P/c1-2-3-4-5-6-7-8-9-10-11-12-13-14-15-16-17-18-19-20-21-22-23-24-25-26-27-28-29-30-31-32-40-42(38,39)41-34-35(37)33-36/h35-37H,2-34H2,1H3,(H,38,39). The molecular weight excluding hydrogens is 547 g/mol. The van der Waals surface area contributed by atoms with Gasteiger partial charge in [0.15, 0.2) is 0 Å². The van der Waals surface area contributed by atoms with E-state index in [1.54, 1.807) is 0 Å². The van der Waals surface area contributed by atoms with E-state index in [1.807, 2.05) is 0 Å². The van der Waals surface area contributed by atoms with Crippen molar-refractivity contribution in [2.45, 2.75) is 206 Å². The average Bonchev–Trinajstić information content (AvgIpc) is 2.98. The zero-order chi connectivity index (χ0) is 30.8. The highest BCUT2D eigenvalue weighted by Crippen LogP contribution is 2.43. The zero-order valence-corrected chi connectivity index (χ0v) is 28.8.